The van der Waals surface area contributed by atoms with E-state index in [1.807, 2.05) is 12.1 Å². The minimum Gasteiger partial charge on any atom is -0.658 e. The molecule has 1 saturated carbocycles. The second-order valence-corrected chi connectivity index (χ2v) is 7.57. The van der Waals surface area contributed by atoms with Gasteiger partial charge in [-0.3, -0.25) is 4.90 Å². The molecule has 3 nitrogen and oxygen atoms in total. The van der Waals surface area contributed by atoms with Gasteiger partial charge in [-0.2, -0.15) is 0 Å². The first-order valence-electron chi connectivity index (χ1n) is 9.32. The predicted octanol–water partition coefficient (Wildman–Crippen LogP) is 4.98. The Bertz CT molecular complexity index is 797. The molecule has 1 aliphatic heterocycles. The third-order valence-corrected chi connectivity index (χ3v) is 5.53. The number of piperidine rings is 1. The number of nitrogens with zero attached hydrogens (tertiary/aromatic N) is 2. The van der Waals surface area contributed by atoms with Crippen LogP contribution >= 0.6 is 0 Å². The average molecular weight is 393 g/mol. The van der Waals surface area contributed by atoms with Crippen LogP contribution in [0.5, 0.6) is 5.75 Å². The van der Waals surface area contributed by atoms with Gasteiger partial charge < -0.3 is 10.1 Å². The summed E-state index contributed by atoms with van der Waals surface area (Å²) in [5.74, 6) is 1.43. The molecule has 1 saturated heterocycles. The monoisotopic (exact) mass is 393 g/mol. The number of rotatable bonds is 7. The summed E-state index contributed by atoms with van der Waals surface area (Å²) in [4.78, 5) is 2.39. The molecular weight excluding hydrogens is 372 g/mol. The second kappa shape index (κ2) is 7.72. The standard InChI is InChI=1S/C21H21F4N2O/c22-16-6-4-14(5-7-16)11-27-12-19-18(20(19)13-27)10-26-9-15-2-1-3-17(8-15)28-21(23,24)25/h1-8,18-20H,9-13H2/q-1. The molecule has 2 aromatic carbocycles. The van der Waals surface area contributed by atoms with Gasteiger partial charge in [-0.25, -0.2) is 4.39 Å². The highest BCUT2D eigenvalue weighted by atomic mass is 19.4. The van der Waals surface area contributed by atoms with E-state index in [2.05, 4.69) is 15.0 Å². The number of fused-ring (bicyclic) bond motifs is 1. The van der Waals surface area contributed by atoms with Crippen LogP contribution in [0.1, 0.15) is 11.1 Å². The van der Waals surface area contributed by atoms with Gasteiger partial charge in [0.2, 0.25) is 0 Å². The Morgan fingerprint density at radius 1 is 1.00 bits per heavy atom. The fraction of sp³-hybridized carbons (Fsp3) is 0.429. The fourth-order valence-electron chi connectivity index (χ4n) is 4.17. The van der Waals surface area contributed by atoms with Gasteiger partial charge in [-0.15, -0.1) is 26.3 Å². The summed E-state index contributed by atoms with van der Waals surface area (Å²) in [5.41, 5.74) is 1.83. The van der Waals surface area contributed by atoms with Gasteiger partial charge in [0.15, 0.2) is 0 Å². The van der Waals surface area contributed by atoms with Crippen molar-refractivity contribution in [2.75, 3.05) is 19.6 Å². The van der Waals surface area contributed by atoms with E-state index in [1.54, 1.807) is 12.1 Å². The van der Waals surface area contributed by atoms with Crippen molar-refractivity contribution in [2.24, 2.45) is 17.8 Å². The molecular formula is C21H21F4N2O-. The number of ether oxygens (including phenoxy) is 1. The zero-order chi connectivity index (χ0) is 19.7. The Hall–Kier alpha value is -2.12. The molecule has 1 aliphatic carbocycles. The molecule has 2 aliphatic rings. The van der Waals surface area contributed by atoms with Crippen LogP contribution in [0.2, 0.25) is 0 Å². The van der Waals surface area contributed by atoms with Gasteiger partial charge in [-0.1, -0.05) is 35.7 Å². The number of benzene rings is 2. The van der Waals surface area contributed by atoms with Crippen molar-refractivity contribution in [2.45, 2.75) is 19.5 Å². The van der Waals surface area contributed by atoms with E-state index in [0.717, 1.165) is 31.7 Å². The molecule has 1 heterocycles. The summed E-state index contributed by atoms with van der Waals surface area (Å²) < 4.78 is 53.8. The van der Waals surface area contributed by atoms with Gasteiger partial charge in [0, 0.05) is 19.6 Å². The van der Waals surface area contributed by atoms with E-state index < -0.39 is 6.36 Å². The maximum Gasteiger partial charge on any atom is 0.573 e. The number of hydrogen-bond acceptors (Lipinski definition) is 2. The summed E-state index contributed by atoms with van der Waals surface area (Å²) in [6.45, 7) is 4.02. The Kier molecular flexibility index (Phi) is 5.29. The normalized spacial score (nSPS) is 24.2. The molecule has 7 heteroatoms. The summed E-state index contributed by atoms with van der Waals surface area (Å²) in [6, 6.07) is 12.6. The highest BCUT2D eigenvalue weighted by molar-refractivity contribution is 5.30. The number of hydrogen-bond donors (Lipinski definition) is 0. The van der Waals surface area contributed by atoms with Crippen molar-refractivity contribution in [1.29, 1.82) is 0 Å². The lowest BCUT2D eigenvalue weighted by molar-refractivity contribution is -0.274. The molecule has 0 spiro atoms. The van der Waals surface area contributed by atoms with Gasteiger partial charge >= 0.3 is 6.36 Å². The molecule has 2 aromatic rings. The van der Waals surface area contributed by atoms with Crippen molar-refractivity contribution in [3.05, 3.63) is 70.8 Å². The molecule has 4 rings (SSSR count). The maximum absolute atomic E-state index is 13.0. The average Bonchev–Trinajstić information content (AvgIpc) is 3.07. The van der Waals surface area contributed by atoms with Gasteiger partial charge in [0.1, 0.15) is 11.6 Å². The summed E-state index contributed by atoms with van der Waals surface area (Å²) in [7, 11) is 0. The molecule has 0 radical (unpaired) electrons. The van der Waals surface area contributed by atoms with Crippen LogP contribution in [0, 0.1) is 23.6 Å². The van der Waals surface area contributed by atoms with E-state index >= 15 is 0 Å². The molecule has 2 unspecified atom stereocenters. The lowest BCUT2D eigenvalue weighted by Gasteiger charge is -2.24. The zero-order valence-corrected chi connectivity index (χ0v) is 15.2. The summed E-state index contributed by atoms with van der Waals surface area (Å²) >= 11 is 0. The first kappa shape index (κ1) is 19.2. The van der Waals surface area contributed by atoms with Crippen LogP contribution in [-0.2, 0) is 13.1 Å². The Labute approximate surface area is 161 Å². The second-order valence-electron chi connectivity index (χ2n) is 7.57. The molecule has 28 heavy (non-hydrogen) atoms. The number of likely N-dealkylation sites (tertiary alicyclic amines) is 1. The Morgan fingerprint density at radius 2 is 1.71 bits per heavy atom. The molecule has 0 bridgehead atoms. The van der Waals surface area contributed by atoms with Crippen LogP contribution in [-0.4, -0.2) is 30.9 Å². The molecule has 2 atom stereocenters. The highest BCUT2D eigenvalue weighted by Crippen LogP contribution is 2.52. The van der Waals surface area contributed by atoms with E-state index in [0.29, 0.717) is 29.9 Å². The summed E-state index contributed by atoms with van der Waals surface area (Å²) in [6.07, 6.45) is -4.68. The topological polar surface area (TPSA) is 26.6 Å². The number of alkyl halides is 3. The fourth-order valence-corrected chi connectivity index (χ4v) is 4.17. The van der Waals surface area contributed by atoms with Crippen molar-refractivity contribution in [3.8, 4) is 5.75 Å². The van der Waals surface area contributed by atoms with Crippen molar-refractivity contribution in [1.82, 2.24) is 4.90 Å². The molecule has 2 fully saturated rings. The highest BCUT2D eigenvalue weighted by Gasteiger charge is 2.52. The van der Waals surface area contributed by atoms with Crippen LogP contribution in [0.15, 0.2) is 48.5 Å². The van der Waals surface area contributed by atoms with Crippen LogP contribution in [0.4, 0.5) is 17.6 Å². The SMILES string of the molecule is Fc1ccc(CN2CC3C(C[N-]Cc4cccc(OC(F)(F)F)c4)C3C2)cc1. The third-order valence-electron chi connectivity index (χ3n) is 5.53. The van der Waals surface area contributed by atoms with Gasteiger partial charge in [0.25, 0.3) is 0 Å². The third kappa shape index (κ3) is 4.83. The van der Waals surface area contributed by atoms with Crippen LogP contribution < -0.4 is 4.74 Å². The van der Waals surface area contributed by atoms with Crippen molar-refractivity contribution >= 4 is 0 Å². The Balaban J connectivity index is 1.18. The maximum atomic E-state index is 13.0. The minimum atomic E-state index is -4.68. The lowest BCUT2D eigenvalue weighted by Crippen LogP contribution is -2.24. The van der Waals surface area contributed by atoms with Crippen LogP contribution in [0.25, 0.3) is 5.32 Å². The molecule has 0 aromatic heterocycles. The Morgan fingerprint density at radius 3 is 2.39 bits per heavy atom. The van der Waals surface area contributed by atoms with Gasteiger partial charge in [0.05, 0.1) is 0 Å². The quantitative estimate of drug-likeness (QED) is 0.621. The van der Waals surface area contributed by atoms with E-state index in [4.69, 9.17) is 0 Å². The first-order chi connectivity index (χ1) is 13.4. The van der Waals surface area contributed by atoms with Gasteiger partial charge in [-0.05, 0) is 41.7 Å². The predicted molar refractivity (Wildman–Crippen MR) is 97.2 cm³/mol. The summed E-state index contributed by atoms with van der Waals surface area (Å²) in [5, 5.41) is 4.55. The van der Waals surface area contributed by atoms with Crippen molar-refractivity contribution in [3.63, 3.8) is 0 Å². The van der Waals surface area contributed by atoms with Crippen LogP contribution in [0.3, 0.4) is 0 Å². The minimum absolute atomic E-state index is 0.208. The zero-order valence-electron chi connectivity index (χ0n) is 15.2. The van der Waals surface area contributed by atoms with E-state index in [9.17, 15) is 17.6 Å². The smallest absolute Gasteiger partial charge is 0.573 e. The molecule has 150 valence electrons. The largest absolute Gasteiger partial charge is 0.658 e. The molecule has 0 N–H and O–H groups in total. The molecule has 0 amide bonds. The lowest BCUT2D eigenvalue weighted by atomic mass is 10.2. The number of halogens is 4. The first-order valence-corrected chi connectivity index (χ1v) is 9.32. The van der Waals surface area contributed by atoms with E-state index in [-0.39, 0.29) is 11.6 Å². The van der Waals surface area contributed by atoms with Crippen molar-refractivity contribution < 1.29 is 22.3 Å². The van der Waals surface area contributed by atoms with E-state index in [1.165, 1.54) is 24.3 Å².